The fourth-order valence-corrected chi connectivity index (χ4v) is 1.74. The lowest BCUT2D eigenvalue weighted by molar-refractivity contribution is 0.0944. The van der Waals surface area contributed by atoms with Crippen molar-refractivity contribution in [3.05, 3.63) is 29.8 Å². The van der Waals surface area contributed by atoms with Crippen molar-refractivity contribution in [1.29, 1.82) is 0 Å². The Morgan fingerprint density at radius 1 is 1.19 bits per heavy atom. The minimum atomic E-state index is -0.0553. The Morgan fingerprint density at radius 3 is 2.52 bits per heavy atom. The van der Waals surface area contributed by atoms with Crippen molar-refractivity contribution in [1.82, 2.24) is 5.32 Å². The fourth-order valence-electron chi connectivity index (χ4n) is 1.74. The van der Waals surface area contributed by atoms with Crippen LogP contribution in [0.3, 0.4) is 0 Å². The van der Waals surface area contributed by atoms with E-state index in [4.69, 9.17) is 9.47 Å². The maximum absolute atomic E-state index is 11.9. The van der Waals surface area contributed by atoms with Gasteiger partial charge in [-0.1, -0.05) is 13.8 Å². The molecule has 0 spiro atoms. The van der Waals surface area contributed by atoms with Crippen LogP contribution in [0.5, 0.6) is 5.75 Å². The van der Waals surface area contributed by atoms with Crippen LogP contribution in [0.15, 0.2) is 24.3 Å². The summed E-state index contributed by atoms with van der Waals surface area (Å²) >= 11 is 0. The van der Waals surface area contributed by atoms with E-state index in [0.29, 0.717) is 37.8 Å². The van der Waals surface area contributed by atoms with Gasteiger partial charge in [0.25, 0.3) is 5.91 Å². The van der Waals surface area contributed by atoms with E-state index in [-0.39, 0.29) is 5.91 Å². The van der Waals surface area contributed by atoms with E-state index in [0.717, 1.165) is 18.6 Å². The number of amides is 1. The molecule has 0 unspecified atom stereocenters. The lowest BCUT2D eigenvalue weighted by Crippen LogP contribution is -2.25. The lowest BCUT2D eigenvalue weighted by Gasteiger charge is -2.09. The Labute approximate surface area is 127 Å². The Balaban J connectivity index is 2.30. The predicted molar refractivity (Wildman–Crippen MR) is 84.8 cm³/mol. The second-order valence-electron chi connectivity index (χ2n) is 5.36. The summed E-state index contributed by atoms with van der Waals surface area (Å²) in [6, 6.07) is 7.27. The number of hydrogen-bond acceptors (Lipinski definition) is 3. The molecule has 0 saturated heterocycles. The Kier molecular flexibility index (Phi) is 8.51. The number of rotatable bonds is 10. The topological polar surface area (TPSA) is 47.6 Å². The van der Waals surface area contributed by atoms with Crippen LogP contribution in [0.25, 0.3) is 0 Å². The summed E-state index contributed by atoms with van der Waals surface area (Å²) in [6.07, 6.45) is 1.86. The van der Waals surface area contributed by atoms with Gasteiger partial charge in [-0.2, -0.15) is 0 Å². The number of hydrogen-bond donors (Lipinski definition) is 1. The molecular formula is C17H27NO3. The van der Waals surface area contributed by atoms with Gasteiger partial charge in [-0.3, -0.25) is 4.79 Å². The molecule has 4 nitrogen and oxygen atoms in total. The van der Waals surface area contributed by atoms with Crippen molar-refractivity contribution in [3.63, 3.8) is 0 Å². The highest BCUT2D eigenvalue weighted by molar-refractivity contribution is 5.94. The molecule has 0 radical (unpaired) electrons. The molecule has 21 heavy (non-hydrogen) atoms. The molecule has 0 aliphatic carbocycles. The van der Waals surface area contributed by atoms with Gasteiger partial charge in [0.1, 0.15) is 5.75 Å². The maximum atomic E-state index is 11.9. The molecule has 0 saturated carbocycles. The Morgan fingerprint density at radius 2 is 1.90 bits per heavy atom. The smallest absolute Gasteiger partial charge is 0.251 e. The first-order valence-corrected chi connectivity index (χ1v) is 7.72. The van der Waals surface area contributed by atoms with Crippen LogP contribution >= 0.6 is 0 Å². The number of carbonyl (C=O) groups excluding carboxylic acids is 1. The first-order chi connectivity index (χ1) is 10.1. The third-order valence-corrected chi connectivity index (χ3v) is 3.04. The summed E-state index contributed by atoms with van der Waals surface area (Å²) in [5.41, 5.74) is 0.655. The third-order valence-electron chi connectivity index (χ3n) is 3.04. The van der Waals surface area contributed by atoms with Crippen molar-refractivity contribution >= 4 is 5.91 Å². The van der Waals surface area contributed by atoms with Crippen LogP contribution in [0.1, 0.15) is 44.0 Å². The standard InChI is InChI=1S/C17H27NO3/c1-4-20-12-5-11-18-17(19)15-6-8-16(9-7-15)21-13-10-14(2)3/h6-9,14H,4-5,10-13H2,1-3H3,(H,18,19). The number of nitrogens with one attached hydrogen (secondary N) is 1. The van der Waals surface area contributed by atoms with Gasteiger partial charge >= 0.3 is 0 Å². The molecule has 0 fully saturated rings. The van der Waals surface area contributed by atoms with Gasteiger partial charge in [-0.05, 0) is 49.9 Å². The van der Waals surface area contributed by atoms with E-state index in [1.165, 1.54) is 0 Å². The van der Waals surface area contributed by atoms with Crippen LogP contribution in [-0.4, -0.2) is 32.3 Å². The predicted octanol–water partition coefficient (Wildman–Crippen LogP) is 3.27. The zero-order valence-electron chi connectivity index (χ0n) is 13.4. The summed E-state index contributed by atoms with van der Waals surface area (Å²) in [5, 5.41) is 2.88. The molecule has 1 aromatic rings. The quantitative estimate of drug-likeness (QED) is 0.674. The summed E-state index contributed by atoms with van der Waals surface area (Å²) in [4.78, 5) is 11.9. The SMILES string of the molecule is CCOCCCNC(=O)c1ccc(OCCC(C)C)cc1. The first kappa shape index (κ1) is 17.5. The van der Waals surface area contributed by atoms with Gasteiger partial charge in [0, 0.05) is 25.3 Å². The van der Waals surface area contributed by atoms with E-state index in [1.54, 1.807) is 12.1 Å². The Hall–Kier alpha value is -1.55. The van der Waals surface area contributed by atoms with Crippen LogP contribution in [0.4, 0.5) is 0 Å². The Bertz CT molecular complexity index is 401. The molecule has 1 N–H and O–H groups in total. The molecule has 0 heterocycles. The van der Waals surface area contributed by atoms with Crippen LogP contribution in [-0.2, 0) is 4.74 Å². The highest BCUT2D eigenvalue weighted by Gasteiger charge is 2.05. The van der Waals surface area contributed by atoms with Crippen molar-refractivity contribution < 1.29 is 14.3 Å². The molecule has 1 aromatic carbocycles. The lowest BCUT2D eigenvalue weighted by atomic mass is 10.1. The summed E-state index contributed by atoms with van der Waals surface area (Å²) < 4.78 is 10.9. The van der Waals surface area contributed by atoms with E-state index in [9.17, 15) is 4.79 Å². The van der Waals surface area contributed by atoms with Gasteiger partial charge in [0.05, 0.1) is 6.61 Å². The van der Waals surface area contributed by atoms with Crippen LogP contribution < -0.4 is 10.1 Å². The van der Waals surface area contributed by atoms with E-state index in [2.05, 4.69) is 19.2 Å². The van der Waals surface area contributed by atoms with Crippen molar-refractivity contribution in [2.75, 3.05) is 26.4 Å². The van der Waals surface area contributed by atoms with Crippen molar-refractivity contribution in [2.24, 2.45) is 5.92 Å². The normalized spacial score (nSPS) is 10.7. The third kappa shape index (κ3) is 7.71. The van der Waals surface area contributed by atoms with Crippen molar-refractivity contribution in [3.8, 4) is 5.75 Å². The van der Waals surface area contributed by atoms with Crippen LogP contribution in [0.2, 0.25) is 0 Å². The molecule has 118 valence electrons. The minimum Gasteiger partial charge on any atom is -0.494 e. The van der Waals surface area contributed by atoms with Crippen molar-refractivity contribution in [2.45, 2.75) is 33.6 Å². The van der Waals surface area contributed by atoms with Crippen LogP contribution in [0, 0.1) is 5.92 Å². The first-order valence-electron chi connectivity index (χ1n) is 7.72. The summed E-state index contributed by atoms with van der Waals surface area (Å²) in [6.45, 7) is 9.03. The summed E-state index contributed by atoms with van der Waals surface area (Å²) in [7, 11) is 0. The van der Waals surface area contributed by atoms with Gasteiger partial charge in [0.2, 0.25) is 0 Å². The fraction of sp³-hybridized carbons (Fsp3) is 0.588. The second-order valence-corrected chi connectivity index (χ2v) is 5.36. The largest absolute Gasteiger partial charge is 0.494 e. The van der Waals surface area contributed by atoms with E-state index < -0.39 is 0 Å². The van der Waals surface area contributed by atoms with Gasteiger partial charge < -0.3 is 14.8 Å². The highest BCUT2D eigenvalue weighted by atomic mass is 16.5. The molecule has 0 bridgehead atoms. The number of ether oxygens (including phenoxy) is 2. The molecule has 0 aliphatic heterocycles. The molecule has 0 atom stereocenters. The molecule has 1 rings (SSSR count). The molecule has 4 heteroatoms. The monoisotopic (exact) mass is 293 g/mol. The van der Waals surface area contributed by atoms with Gasteiger partial charge in [-0.25, -0.2) is 0 Å². The average molecular weight is 293 g/mol. The number of carbonyl (C=O) groups is 1. The second kappa shape index (κ2) is 10.2. The van der Waals surface area contributed by atoms with E-state index >= 15 is 0 Å². The average Bonchev–Trinajstić information content (AvgIpc) is 2.47. The minimum absolute atomic E-state index is 0.0553. The van der Waals surface area contributed by atoms with E-state index in [1.807, 2.05) is 19.1 Å². The molecular weight excluding hydrogens is 266 g/mol. The maximum Gasteiger partial charge on any atom is 0.251 e. The van der Waals surface area contributed by atoms with Gasteiger partial charge in [0.15, 0.2) is 0 Å². The summed E-state index contributed by atoms with van der Waals surface area (Å²) in [5.74, 6) is 1.38. The molecule has 1 amide bonds. The molecule has 0 aromatic heterocycles. The zero-order chi connectivity index (χ0) is 15.5. The highest BCUT2D eigenvalue weighted by Crippen LogP contribution is 2.13. The van der Waals surface area contributed by atoms with Gasteiger partial charge in [-0.15, -0.1) is 0 Å². The zero-order valence-corrected chi connectivity index (χ0v) is 13.4. The molecule has 0 aliphatic rings. The number of benzene rings is 1.